The smallest absolute Gasteiger partial charge is 0.344 e. The predicted octanol–water partition coefficient (Wildman–Crippen LogP) is 1.91. The molecule has 140 valence electrons. The van der Waals surface area contributed by atoms with E-state index in [-0.39, 0.29) is 11.6 Å². The van der Waals surface area contributed by atoms with Gasteiger partial charge in [-0.25, -0.2) is 9.59 Å². The van der Waals surface area contributed by atoms with Crippen molar-refractivity contribution >= 4 is 17.7 Å². The summed E-state index contributed by atoms with van der Waals surface area (Å²) in [5, 5.41) is 3.58. The van der Waals surface area contributed by atoms with Crippen LogP contribution < -0.4 is 4.74 Å². The number of carbonyl (C=O) groups excluding carboxylic acids is 3. The molecule has 0 aliphatic rings. The molecule has 9 heteroatoms. The fourth-order valence-electron chi connectivity index (χ4n) is 2.44. The minimum atomic E-state index is -1.06. The SMILES string of the molecule is COC(=O)c1c(C)[nH]c(C(=O)[C@H](C)OC(=O)COc2cc(C)on2)c1C. The molecular formula is C17H20N2O7. The zero-order valence-electron chi connectivity index (χ0n) is 15.2. The summed E-state index contributed by atoms with van der Waals surface area (Å²) >= 11 is 0. The largest absolute Gasteiger partial charge is 0.465 e. The van der Waals surface area contributed by atoms with Crippen molar-refractivity contribution in [2.75, 3.05) is 13.7 Å². The third-order valence-electron chi connectivity index (χ3n) is 3.70. The molecule has 0 unspecified atom stereocenters. The number of nitrogens with one attached hydrogen (secondary N) is 1. The lowest BCUT2D eigenvalue weighted by Gasteiger charge is -2.12. The Balaban J connectivity index is 2.01. The van der Waals surface area contributed by atoms with Gasteiger partial charge in [0.25, 0.3) is 5.88 Å². The van der Waals surface area contributed by atoms with E-state index in [4.69, 9.17) is 18.7 Å². The number of ether oxygens (including phenoxy) is 3. The van der Waals surface area contributed by atoms with Crippen molar-refractivity contribution in [1.29, 1.82) is 0 Å². The number of hydrogen-bond acceptors (Lipinski definition) is 8. The molecule has 0 aliphatic heterocycles. The summed E-state index contributed by atoms with van der Waals surface area (Å²) in [6.45, 7) is 5.98. The minimum Gasteiger partial charge on any atom is -0.465 e. The number of methoxy groups -OCH3 is 1. The second kappa shape index (κ2) is 7.85. The van der Waals surface area contributed by atoms with Crippen LogP contribution >= 0.6 is 0 Å². The van der Waals surface area contributed by atoms with Crippen molar-refractivity contribution in [3.8, 4) is 5.88 Å². The van der Waals surface area contributed by atoms with Crippen LogP contribution in [-0.4, -0.2) is 47.7 Å². The molecule has 1 N–H and O–H groups in total. The van der Waals surface area contributed by atoms with Crippen LogP contribution in [0.25, 0.3) is 0 Å². The maximum absolute atomic E-state index is 12.5. The Morgan fingerprint density at radius 1 is 1.27 bits per heavy atom. The fourth-order valence-corrected chi connectivity index (χ4v) is 2.44. The fraction of sp³-hybridized carbons (Fsp3) is 0.412. The number of carbonyl (C=O) groups is 3. The van der Waals surface area contributed by atoms with E-state index < -0.39 is 30.4 Å². The Morgan fingerprint density at radius 3 is 2.54 bits per heavy atom. The summed E-state index contributed by atoms with van der Waals surface area (Å²) in [4.78, 5) is 39.0. The standard InChI is InChI=1S/C17H20N2O7/c1-8-6-12(19-26-8)24-7-13(20)25-11(4)16(21)15-9(2)14(10(3)18-15)17(22)23-5/h6,11,18H,7H2,1-5H3/t11-/m0/s1. The molecule has 0 bridgehead atoms. The first kappa shape index (κ1) is 19.2. The van der Waals surface area contributed by atoms with E-state index in [0.29, 0.717) is 22.6 Å². The highest BCUT2D eigenvalue weighted by Gasteiger charge is 2.27. The zero-order chi connectivity index (χ0) is 19.4. The molecule has 0 fully saturated rings. The first-order chi connectivity index (χ1) is 12.2. The number of ketones is 1. The monoisotopic (exact) mass is 364 g/mol. The Labute approximate surface area is 149 Å². The molecule has 1 atom stereocenters. The molecule has 0 spiro atoms. The van der Waals surface area contributed by atoms with Crippen molar-refractivity contribution < 1.29 is 33.1 Å². The van der Waals surface area contributed by atoms with Gasteiger partial charge in [0.15, 0.2) is 12.7 Å². The van der Waals surface area contributed by atoms with Gasteiger partial charge in [-0.05, 0) is 38.4 Å². The van der Waals surface area contributed by atoms with Crippen LogP contribution in [0.5, 0.6) is 5.88 Å². The first-order valence-electron chi connectivity index (χ1n) is 7.81. The molecule has 9 nitrogen and oxygen atoms in total. The third-order valence-corrected chi connectivity index (χ3v) is 3.70. The molecule has 0 saturated heterocycles. The van der Waals surface area contributed by atoms with E-state index >= 15 is 0 Å². The molecule has 2 aromatic rings. The van der Waals surface area contributed by atoms with Crippen molar-refractivity contribution in [2.45, 2.75) is 33.8 Å². The average molecular weight is 364 g/mol. The topological polar surface area (TPSA) is 121 Å². The lowest BCUT2D eigenvalue weighted by atomic mass is 10.1. The van der Waals surface area contributed by atoms with Gasteiger partial charge in [-0.1, -0.05) is 0 Å². The molecule has 2 aromatic heterocycles. The van der Waals surface area contributed by atoms with Gasteiger partial charge in [0, 0.05) is 11.8 Å². The van der Waals surface area contributed by atoms with E-state index in [1.165, 1.54) is 20.1 Å². The summed E-state index contributed by atoms with van der Waals surface area (Å²) in [7, 11) is 1.26. The molecule has 26 heavy (non-hydrogen) atoms. The molecule has 0 amide bonds. The quantitative estimate of drug-likeness (QED) is 0.584. The van der Waals surface area contributed by atoms with Gasteiger partial charge in [-0.3, -0.25) is 4.79 Å². The van der Waals surface area contributed by atoms with Crippen molar-refractivity contribution in [2.24, 2.45) is 0 Å². The predicted molar refractivity (Wildman–Crippen MR) is 88.2 cm³/mol. The van der Waals surface area contributed by atoms with Gasteiger partial charge in [0.1, 0.15) is 5.76 Å². The van der Waals surface area contributed by atoms with E-state index in [9.17, 15) is 14.4 Å². The average Bonchev–Trinajstić information content (AvgIpc) is 3.14. The number of H-pyrrole nitrogens is 1. The van der Waals surface area contributed by atoms with Crippen LogP contribution in [0.4, 0.5) is 0 Å². The molecule has 0 aliphatic carbocycles. The third kappa shape index (κ3) is 4.11. The molecular weight excluding hydrogens is 344 g/mol. The van der Waals surface area contributed by atoms with Crippen LogP contribution in [0.1, 0.15) is 44.8 Å². The van der Waals surface area contributed by atoms with Gasteiger partial charge in [0.05, 0.1) is 18.4 Å². The highest BCUT2D eigenvalue weighted by atomic mass is 16.6. The lowest BCUT2D eigenvalue weighted by molar-refractivity contribution is -0.148. The second-order valence-electron chi connectivity index (χ2n) is 5.68. The molecule has 2 heterocycles. The summed E-state index contributed by atoms with van der Waals surface area (Å²) < 4.78 is 19.7. The summed E-state index contributed by atoms with van der Waals surface area (Å²) in [5.41, 5.74) is 1.42. The highest BCUT2D eigenvalue weighted by molar-refractivity contribution is 6.03. The Bertz CT molecular complexity index is 834. The van der Waals surface area contributed by atoms with E-state index in [1.807, 2.05) is 0 Å². The minimum absolute atomic E-state index is 0.150. The summed E-state index contributed by atoms with van der Waals surface area (Å²) in [6, 6.07) is 1.52. The highest BCUT2D eigenvalue weighted by Crippen LogP contribution is 2.21. The first-order valence-corrected chi connectivity index (χ1v) is 7.81. The van der Waals surface area contributed by atoms with Crippen molar-refractivity contribution in [3.05, 3.63) is 34.3 Å². The second-order valence-corrected chi connectivity index (χ2v) is 5.68. The van der Waals surface area contributed by atoms with Crippen LogP contribution in [0.15, 0.2) is 10.6 Å². The van der Waals surface area contributed by atoms with Gasteiger partial charge >= 0.3 is 11.9 Å². The van der Waals surface area contributed by atoms with E-state index in [2.05, 4.69) is 10.1 Å². The zero-order valence-corrected chi connectivity index (χ0v) is 15.2. The molecule has 0 aromatic carbocycles. The van der Waals surface area contributed by atoms with Crippen LogP contribution in [0, 0.1) is 20.8 Å². The van der Waals surface area contributed by atoms with Crippen molar-refractivity contribution in [3.63, 3.8) is 0 Å². The van der Waals surface area contributed by atoms with Gasteiger partial charge in [-0.15, -0.1) is 0 Å². The Hall–Kier alpha value is -3.10. The number of nitrogens with zero attached hydrogens (tertiary/aromatic N) is 1. The van der Waals surface area contributed by atoms with Gasteiger partial charge < -0.3 is 23.7 Å². The number of hydrogen-bond donors (Lipinski definition) is 1. The summed E-state index contributed by atoms with van der Waals surface area (Å²) in [6.07, 6.45) is -1.06. The maximum atomic E-state index is 12.5. The number of aryl methyl sites for hydroxylation is 2. The number of Topliss-reactive ketones (excluding diaryl/α,β-unsaturated/α-hetero) is 1. The molecule has 2 rings (SSSR count). The number of aromatic amines is 1. The van der Waals surface area contributed by atoms with Crippen LogP contribution in [-0.2, 0) is 14.3 Å². The Kier molecular flexibility index (Phi) is 5.81. The van der Waals surface area contributed by atoms with E-state index in [1.54, 1.807) is 20.8 Å². The van der Waals surface area contributed by atoms with Gasteiger partial charge in [-0.2, -0.15) is 0 Å². The van der Waals surface area contributed by atoms with Crippen LogP contribution in [0.3, 0.4) is 0 Å². The Morgan fingerprint density at radius 2 is 1.96 bits per heavy atom. The number of rotatable bonds is 7. The van der Waals surface area contributed by atoms with Crippen molar-refractivity contribution in [1.82, 2.24) is 10.1 Å². The van der Waals surface area contributed by atoms with Crippen LogP contribution in [0.2, 0.25) is 0 Å². The summed E-state index contributed by atoms with van der Waals surface area (Å²) in [5.74, 6) is -1.06. The molecule has 0 radical (unpaired) electrons. The molecule has 0 saturated carbocycles. The normalized spacial score (nSPS) is 11.7. The maximum Gasteiger partial charge on any atom is 0.344 e. The van der Waals surface area contributed by atoms with E-state index in [0.717, 1.165) is 0 Å². The van der Waals surface area contributed by atoms with Gasteiger partial charge in [0.2, 0.25) is 5.78 Å². The number of aromatic nitrogens is 2. The lowest BCUT2D eigenvalue weighted by Crippen LogP contribution is -2.28. The number of esters is 2.